The summed E-state index contributed by atoms with van der Waals surface area (Å²) in [6.07, 6.45) is 6.70. The second-order valence-corrected chi connectivity index (χ2v) is 17.7. The summed E-state index contributed by atoms with van der Waals surface area (Å²) in [5.41, 5.74) is 10.1. The van der Waals surface area contributed by atoms with Gasteiger partial charge in [-0.3, -0.25) is 4.79 Å². The van der Waals surface area contributed by atoms with E-state index in [9.17, 15) is 9.90 Å². The number of aliphatic hydroxyl groups is 1. The molecule has 0 amide bonds. The molecule has 3 heteroatoms. The summed E-state index contributed by atoms with van der Waals surface area (Å²) in [5.74, 6) is 0.118. The summed E-state index contributed by atoms with van der Waals surface area (Å²) in [6, 6.07) is 20.3. The average molecular weight is 670 g/mol. The minimum absolute atomic E-state index is 0. The molecule has 3 aromatic carbocycles. The van der Waals surface area contributed by atoms with Crippen molar-refractivity contribution in [3.05, 3.63) is 88.5 Å². The van der Waals surface area contributed by atoms with Gasteiger partial charge in [-0.15, -0.1) is 0 Å². The molecule has 0 saturated heterocycles. The molecule has 2 nitrogen and oxygen atoms in total. The molecule has 4 rings (SSSR count). The normalized spacial score (nSPS) is 15.4. The predicted molar refractivity (Wildman–Crippen MR) is 194 cm³/mol. The van der Waals surface area contributed by atoms with Gasteiger partial charge in [-0.2, -0.15) is 0 Å². The molecule has 0 atom stereocenters. The van der Waals surface area contributed by atoms with Crippen LogP contribution in [-0.2, 0) is 43.5 Å². The predicted octanol–water partition coefficient (Wildman–Crippen LogP) is 12.3. The molecule has 1 fully saturated rings. The van der Waals surface area contributed by atoms with Crippen molar-refractivity contribution in [2.75, 3.05) is 0 Å². The number of aliphatic hydroxyl groups excluding tert-OH is 1. The zero-order chi connectivity index (χ0) is 33.5. The van der Waals surface area contributed by atoms with E-state index >= 15 is 0 Å². The Kier molecular flexibility index (Phi) is 11.4. The van der Waals surface area contributed by atoms with E-state index in [1.165, 1.54) is 34.8 Å². The van der Waals surface area contributed by atoms with Crippen LogP contribution in [0, 0.1) is 5.92 Å². The van der Waals surface area contributed by atoms with Crippen LogP contribution in [0.2, 0.25) is 0 Å². The molecule has 1 aliphatic rings. The van der Waals surface area contributed by atoms with Crippen LogP contribution in [0.1, 0.15) is 143 Å². The molecule has 1 radical (unpaired) electrons. The van der Waals surface area contributed by atoms with Crippen LogP contribution in [0.15, 0.2) is 60.7 Å². The van der Waals surface area contributed by atoms with E-state index in [-0.39, 0.29) is 56.2 Å². The Morgan fingerprint density at radius 1 is 0.543 bits per heavy atom. The summed E-state index contributed by atoms with van der Waals surface area (Å²) >= 11 is 0. The third-order valence-corrected chi connectivity index (χ3v) is 9.51. The maximum absolute atomic E-state index is 13.3. The van der Waals surface area contributed by atoms with Crippen LogP contribution in [0.25, 0.3) is 28.0 Å². The SMILES string of the molecule is CC(C)(C)c1cc(-c2cc(/C(O)=C/C(=O)C3CCCCC3)cc(-c3cc(C(C)(C)C)cc(C(C)(C)C)c3)c2)cc(C(C)(C)C)c1.[Cu]. The van der Waals surface area contributed by atoms with Crippen LogP contribution in [0.5, 0.6) is 0 Å². The van der Waals surface area contributed by atoms with Crippen LogP contribution in [-0.4, -0.2) is 10.9 Å². The number of hydrogen-bond acceptors (Lipinski definition) is 2. The van der Waals surface area contributed by atoms with Crippen molar-refractivity contribution in [3.8, 4) is 22.3 Å². The van der Waals surface area contributed by atoms with Crippen LogP contribution >= 0.6 is 0 Å². The molecule has 1 saturated carbocycles. The van der Waals surface area contributed by atoms with Gasteiger partial charge in [0.1, 0.15) is 5.76 Å². The van der Waals surface area contributed by atoms with E-state index in [2.05, 4.69) is 138 Å². The Balaban J connectivity index is 0.00000576. The van der Waals surface area contributed by atoms with Crippen LogP contribution in [0.4, 0.5) is 0 Å². The molecule has 0 bridgehead atoms. The quantitative estimate of drug-likeness (QED) is 0.167. The molecule has 0 unspecified atom stereocenters. The standard InChI is InChI=1S/C43H58O2.Cu/c1-40(2,3)34-21-31(22-35(25-34)41(4,5)6)29-18-30(32-23-36(42(7,8)9)26-37(24-32)43(10,11)12)20-33(19-29)39(45)27-38(44)28-16-14-13-15-17-28;/h18-28,45H,13-17H2,1-12H3;/b39-27-;. The van der Waals surface area contributed by atoms with Crippen LogP contribution in [0.3, 0.4) is 0 Å². The minimum atomic E-state index is -0.0203. The first-order chi connectivity index (χ1) is 20.6. The molecule has 46 heavy (non-hydrogen) atoms. The Morgan fingerprint density at radius 3 is 1.20 bits per heavy atom. The van der Waals surface area contributed by atoms with Gasteiger partial charge in [0.2, 0.25) is 0 Å². The largest absolute Gasteiger partial charge is 0.507 e. The first-order valence-electron chi connectivity index (χ1n) is 17.1. The smallest absolute Gasteiger partial charge is 0.162 e. The van der Waals surface area contributed by atoms with Gasteiger partial charge in [0, 0.05) is 34.6 Å². The number of carbonyl (C=O) groups excluding carboxylic acids is 1. The van der Waals surface area contributed by atoms with Crippen molar-refractivity contribution in [1.82, 2.24) is 0 Å². The maximum atomic E-state index is 13.3. The molecular formula is C43H58CuO2. The fraction of sp³-hybridized carbons (Fsp3) is 0.512. The monoisotopic (exact) mass is 669 g/mol. The first kappa shape index (κ1) is 37.8. The summed E-state index contributed by atoms with van der Waals surface area (Å²) in [5, 5.41) is 11.5. The summed E-state index contributed by atoms with van der Waals surface area (Å²) in [4.78, 5) is 13.3. The van der Waals surface area contributed by atoms with E-state index in [4.69, 9.17) is 0 Å². The molecule has 0 aromatic heterocycles. The van der Waals surface area contributed by atoms with Gasteiger partial charge in [-0.05, 0) is 97.2 Å². The van der Waals surface area contributed by atoms with Crippen molar-refractivity contribution in [3.63, 3.8) is 0 Å². The number of hydrogen-bond donors (Lipinski definition) is 1. The number of benzene rings is 3. The van der Waals surface area contributed by atoms with Crippen molar-refractivity contribution in [2.24, 2.45) is 5.92 Å². The van der Waals surface area contributed by atoms with Crippen molar-refractivity contribution >= 4 is 11.5 Å². The van der Waals surface area contributed by atoms with Gasteiger partial charge in [0.05, 0.1) is 0 Å². The average Bonchev–Trinajstić information content (AvgIpc) is 2.95. The molecule has 253 valence electrons. The minimum Gasteiger partial charge on any atom is -0.507 e. The molecule has 0 aliphatic heterocycles. The number of carbonyl (C=O) groups is 1. The Hall–Kier alpha value is -2.61. The molecule has 1 aliphatic carbocycles. The van der Waals surface area contributed by atoms with E-state index in [0.29, 0.717) is 5.56 Å². The fourth-order valence-electron chi connectivity index (χ4n) is 6.15. The van der Waals surface area contributed by atoms with Gasteiger partial charge in [-0.1, -0.05) is 139 Å². The summed E-state index contributed by atoms with van der Waals surface area (Å²) in [6.45, 7) is 27.1. The van der Waals surface area contributed by atoms with Crippen molar-refractivity contribution in [1.29, 1.82) is 0 Å². The van der Waals surface area contributed by atoms with Crippen molar-refractivity contribution < 1.29 is 27.0 Å². The van der Waals surface area contributed by atoms with E-state index in [1.54, 1.807) is 0 Å². The van der Waals surface area contributed by atoms with Crippen molar-refractivity contribution in [2.45, 2.75) is 137 Å². The number of rotatable bonds is 5. The topological polar surface area (TPSA) is 37.3 Å². The molecule has 3 aromatic rings. The van der Waals surface area contributed by atoms with Crippen LogP contribution < -0.4 is 0 Å². The van der Waals surface area contributed by atoms with Gasteiger partial charge >= 0.3 is 0 Å². The zero-order valence-corrected chi connectivity index (χ0v) is 31.5. The second kappa shape index (κ2) is 13.9. The zero-order valence-electron chi connectivity index (χ0n) is 30.5. The second-order valence-electron chi connectivity index (χ2n) is 17.7. The summed E-state index contributed by atoms with van der Waals surface area (Å²) < 4.78 is 0. The van der Waals surface area contributed by atoms with Gasteiger partial charge in [0.25, 0.3) is 0 Å². The molecule has 0 heterocycles. The summed E-state index contributed by atoms with van der Waals surface area (Å²) in [7, 11) is 0. The third kappa shape index (κ3) is 9.26. The van der Waals surface area contributed by atoms with E-state index in [0.717, 1.165) is 47.9 Å². The van der Waals surface area contributed by atoms with Gasteiger partial charge < -0.3 is 5.11 Å². The van der Waals surface area contributed by atoms with E-state index < -0.39 is 0 Å². The number of allylic oxidation sites excluding steroid dienone is 1. The molecule has 1 N–H and O–H groups in total. The Bertz CT molecular complexity index is 1410. The first-order valence-corrected chi connectivity index (χ1v) is 17.1. The Morgan fingerprint density at radius 2 is 0.870 bits per heavy atom. The van der Waals surface area contributed by atoms with Gasteiger partial charge in [0.15, 0.2) is 5.78 Å². The number of ketones is 1. The van der Waals surface area contributed by atoms with Gasteiger partial charge in [-0.25, -0.2) is 0 Å². The Labute approximate surface area is 291 Å². The maximum Gasteiger partial charge on any atom is 0.162 e. The fourth-order valence-corrected chi connectivity index (χ4v) is 6.15. The molecular weight excluding hydrogens is 612 g/mol. The third-order valence-electron chi connectivity index (χ3n) is 9.51. The van der Waals surface area contributed by atoms with E-state index in [1.807, 2.05) is 0 Å². The molecule has 0 spiro atoms.